The number of rotatable bonds is 3. The second-order valence-corrected chi connectivity index (χ2v) is 6.94. The van der Waals surface area contributed by atoms with E-state index in [4.69, 9.17) is 23.2 Å². The van der Waals surface area contributed by atoms with Crippen molar-refractivity contribution in [3.8, 4) is 0 Å². The summed E-state index contributed by atoms with van der Waals surface area (Å²) in [5.74, 6) is 4.67. The molecule has 0 bridgehead atoms. The minimum Gasteiger partial charge on any atom is -0.399 e. The fourth-order valence-electron chi connectivity index (χ4n) is 3.13. The lowest BCUT2D eigenvalue weighted by Gasteiger charge is -2.37. The zero-order chi connectivity index (χ0) is 22.2. The van der Waals surface area contributed by atoms with Crippen LogP contribution in [0.25, 0.3) is 0 Å². The summed E-state index contributed by atoms with van der Waals surface area (Å²) in [6.07, 6.45) is -2.63. The van der Waals surface area contributed by atoms with Gasteiger partial charge in [-0.1, -0.05) is 17.7 Å². The van der Waals surface area contributed by atoms with Gasteiger partial charge in [0.05, 0.1) is 46.0 Å². The zero-order valence-corrected chi connectivity index (χ0v) is 16.4. The van der Waals surface area contributed by atoms with Crippen LogP contribution in [0.15, 0.2) is 42.0 Å². The lowest BCUT2D eigenvalue weighted by molar-refractivity contribution is -0.137. The molecule has 0 fully saturated rings. The van der Waals surface area contributed by atoms with E-state index in [0.29, 0.717) is 5.70 Å². The summed E-state index contributed by atoms with van der Waals surface area (Å²) < 4.78 is 52.3. The summed E-state index contributed by atoms with van der Waals surface area (Å²) in [6, 6.07) is 2.46. The smallest absolute Gasteiger partial charge is 0.399 e. The predicted molar refractivity (Wildman–Crippen MR) is 101 cm³/mol. The fraction of sp³-hybridized carbons (Fsp3) is 0.278. The van der Waals surface area contributed by atoms with Crippen LogP contribution in [-0.4, -0.2) is 33.4 Å². The Bertz CT molecular complexity index is 995. The molecular weight excluding hydrogens is 428 g/mol. The van der Waals surface area contributed by atoms with Gasteiger partial charge in [0.15, 0.2) is 5.82 Å². The van der Waals surface area contributed by atoms with Crippen LogP contribution in [0.3, 0.4) is 0 Å². The Hall–Kier alpha value is -2.92. The molecule has 0 saturated carbocycles. The van der Waals surface area contributed by atoms with Gasteiger partial charge in [-0.25, -0.2) is 25.2 Å². The average molecular weight is 445 g/mol. The number of amides is 1. The molecule has 1 aromatic carbocycles. The number of aromatic nitrogens is 2. The Morgan fingerprint density at radius 1 is 1.30 bits per heavy atom. The van der Waals surface area contributed by atoms with Crippen LogP contribution in [0.1, 0.15) is 29.3 Å². The topological polar surface area (TPSA) is 101 Å². The lowest BCUT2D eigenvalue weighted by Crippen LogP contribution is -2.49. The van der Waals surface area contributed by atoms with Crippen LogP contribution in [0.4, 0.5) is 23.5 Å². The predicted octanol–water partition coefficient (Wildman–Crippen LogP) is 3.07. The first-order valence-electron chi connectivity index (χ1n) is 8.70. The molecule has 160 valence electrons. The van der Waals surface area contributed by atoms with E-state index in [2.05, 4.69) is 9.97 Å². The van der Waals surface area contributed by atoms with Crippen LogP contribution in [0.2, 0.25) is 5.02 Å². The monoisotopic (exact) mass is 444 g/mol. The largest absolute Gasteiger partial charge is 0.417 e. The number of hydrogen-bond donors (Lipinski definition) is 2. The van der Waals surface area contributed by atoms with E-state index < -0.39 is 34.5 Å². The SMILES string of the molecule is C[C@@H]1C(N)=C(N(N)c2ncc(F)cn2)CCN1C(=O)c1cccc(C(F)(F)F)c1Cl. The molecule has 0 aliphatic carbocycles. The number of benzene rings is 1. The van der Waals surface area contributed by atoms with Crippen LogP contribution in [0.5, 0.6) is 0 Å². The van der Waals surface area contributed by atoms with E-state index in [1.165, 1.54) is 11.0 Å². The molecule has 0 unspecified atom stereocenters. The van der Waals surface area contributed by atoms with Gasteiger partial charge in [0, 0.05) is 13.0 Å². The van der Waals surface area contributed by atoms with Crippen LogP contribution in [-0.2, 0) is 6.18 Å². The fourth-order valence-corrected chi connectivity index (χ4v) is 3.45. The first-order valence-corrected chi connectivity index (χ1v) is 9.07. The van der Waals surface area contributed by atoms with Crippen molar-refractivity contribution < 1.29 is 22.4 Å². The van der Waals surface area contributed by atoms with Gasteiger partial charge >= 0.3 is 6.18 Å². The second-order valence-electron chi connectivity index (χ2n) is 6.56. The second kappa shape index (κ2) is 8.07. The molecule has 2 aromatic rings. The van der Waals surface area contributed by atoms with Crippen molar-refractivity contribution in [2.24, 2.45) is 11.6 Å². The minimum atomic E-state index is -4.69. The number of anilines is 1. The van der Waals surface area contributed by atoms with Gasteiger partial charge in [0.1, 0.15) is 0 Å². The number of nitrogens with zero attached hydrogens (tertiary/aromatic N) is 4. The van der Waals surface area contributed by atoms with Gasteiger partial charge in [-0.15, -0.1) is 0 Å². The van der Waals surface area contributed by atoms with E-state index in [1.54, 1.807) is 6.92 Å². The number of nitrogens with two attached hydrogens (primary N) is 2. The molecule has 12 heteroatoms. The molecule has 0 saturated heterocycles. The Balaban J connectivity index is 1.89. The van der Waals surface area contributed by atoms with Gasteiger partial charge in [0.2, 0.25) is 5.95 Å². The Labute approximate surface area is 173 Å². The highest BCUT2D eigenvalue weighted by Gasteiger charge is 2.37. The molecule has 3 rings (SSSR count). The van der Waals surface area contributed by atoms with Gasteiger partial charge in [-0.3, -0.25) is 4.79 Å². The summed E-state index contributed by atoms with van der Waals surface area (Å²) in [5, 5.41) is 0.417. The first-order chi connectivity index (χ1) is 14.0. The lowest BCUT2D eigenvalue weighted by atomic mass is 10.0. The van der Waals surface area contributed by atoms with E-state index in [0.717, 1.165) is 29.5 Å². The molecule has 2 heterocycles. The van der Waals surface area contributed by atoms with Crippen molar-refractivity contribution in [1.29, 1.82) is 0 Å². The number of hydrogen-bond acceptors (Lipinski definition) is 6. The molecule has 1 aromatic heterocycles. The summed E-state index contributed by atoms with van der Waals surface area (Å²) in [7, 11) is 0. The quantitative estimate of drug-likeness (QED) is 0.428. The van der Waals surface area contributed by atoms with Gasteiger partial charge < -0.3 is 10.6 Å². The number of hydrazine groups is 1. The maximum atomic E-state index is 13.1. The van der Waals surface area contributed by atoms with Gasteiger partial charge in [-0.05, 0) is 19.1 Å². The van der Waals surface area contributed by atoms with Gasteiger partial charge in [0.25, 0.3) is 5.91 Å². The van der Waals surface area contributed by atoms with Crippen molar-refractivity contribution >= 4 is 23.5 Å². The highest BCUT2D eigenvalue weighted by molar-refractivity contribution is 6.34. The molecule has 1 atom stereocenters. The third-order valence-corrected chi connectivity index (χ3v) is 5.16. The summed E-state index contributed by atoms with van der Waals surface area (Å²) in [5.41, 5.74) is 5.40. The molecule has 1 aliphatic rings. The van der Waals surface area contributed by atoms with E-state index in [1.807, 2.05) is 0 Å². The highest BCUT2D eigenvalue weighted by Crippen LogP contribution is 2.37. The number of alkyl halides is 3. The van der Waals surface area contributed by atoms with Crippen molar-refractivity contribution in [2.45, 2.75) is 25.6 Å². The Morgan fingerprint density at radius 2 is 1.93 bits per heavy atom. The molecule has 7 nitrogen and oxygen atoms in total. The molecule has 4 N–H and O–H groups in total. The summed E-state index contributed by atoms with van der Waals surface area (Å²) >= 11 is 5.88. The number of carbonyl (C=O) groups excluding carboxylic acids is 1. The van der Waals surface area contributed by atoms with Crippen LogP contribution >= 0.6 is 11.6 Å². The maximum absolute atomic E-state index is 13.1. The third kappa shape index (κ3) is 4.03. The van der Waals surface area contributed by atoms with Gasteiger partial charge in [-0.2, -0.15) is 13.2 Å². The average Bonchev–Trinajstić information content (AvgIpc) is 2.69. The summed E-state index contributed by atoms with van der Waals surface area (Å²) in [4.78, 5) is 21.8. The molecular formula is C18H17ClF4N6O. The first kappa shape index (κ1) is 21.8. The Morgan fingerprint density at radius 3 is 2.53 bits per heavy atom. The minimum absolute atomic E-state index is 0.00208. The van der Waals surface area contributed by atoms with Crippen LogP contribution in [0, 0.1) is 5.82 Å². The van der Waals surface area contributed by atoms with Crippen molar-refractivity contribution in [3.63, 3.8) is 0 Å². The van der Waals surface area contributed by atoms with Crippen LogP contribution < -0.4 is 16.6 Å². The molecule has 1 aliphatic heterocycles. The zero-order valence-electron chi connectivity index (χ0n) is 15.6. The molecule has 0 spiro atoms. The summed E-state index contributed by atoms with van der Waals surface area (Å²) in [6.45, 7) is 1.71. The third-order valence-electron chi connectivity index (χ3n) is 4.75. The maximum Gasteiger partial charge on any atom is 0.417 e. The highest BCUT2D eigenvalue weighted by atomic mass is 35.5. The molecule has 0 radical (unpaired) electrons. The number of carbonyl (C=O) groups is 1. The van der Waals surface area contributed by atoms with Crippen molar-refractivity contribution in [3.05, 3.63) is 64.0 Å². The van der Waals surface area contributed by atoms with E-state index >= 15 is 0 Å². The standard InChI is InChI=1S/C18H17ClF4N6O/c1-9-15(24)13(29(25)17-26-7-10(20)8-27-17)5-6-28(9)16(30)11-3-2-4-12(14(11)19)18(21,22)23/h2-4,7-9H,5-6,24-25H2,1H3/t9-/m1/s1. The van der Waals surface area contributed by atoms with Crippen molar-refractivity contribution in [2.75, 3.05) is 11.6 Å². The van der Waals surface area contributed by atoms with Crippen molar-refractivity contribution in [1.82, 2.24) is 14.9 Å². The van der Waals surface area contributed by atoms with E-state index in [9.17, 15) is 22.4 Å². The molecule has 30 heavy (non-hydrogen) atoms. The Kier molecular flexibility index (Phi) is 5.86. The number of halogens is 5. The van der Waals surface area contributed by atoms with E-state index in [-0.39, 0.29) is 30.2 Å². The normalized spacial score (nSPS) is 17.3. The molecule has 1 amide bonds.